The van der Waals surface area contributed by atoms with Crippen molar-refractivity contribution < 1.29 is 17.5 Å². The van der Waals surface area contributed by atoms with Gasteiger partial charge in [-0.15, -0.1) is 0 Å². The third-order valence-corrected chi connectivity index (χ3v) is 9.48. The highest BCUT2D eigenvalue weighted by atomic mass is 32.2. The van der Waals surface area contributed by atoms with Crippen molar-refractivity contribution in [3.8, 4) is 28.1 Å². The van der Waals surface area contributed by atoms with Gasteiger partial charge in [-0.25, -0.2) is 17.8 Å². The maximum Gasteiger partial charge on any atom is 0.243 e. The Labute approximate surface area is 239 Å². The van der Waals surface area contributed by atoms with Gasteiger partial charge in [-0.1, -0.05) is 42.0 Å². The van der Waals surface area contributed by atoms with Crippen LogP contribution in [0.15, 0.2) is 96.0 Å². The van der Waals surface area contributed by atoms with Crippen LogP contribution in [0.5, 0.6) is 5.75 Å². The van der Waals surface area contributed by atoms with Gasteiger partial charge in [-0.2, -0.15) is 4.31 Å². The van der Waals surface area contributed by atoms with Crippen LogP contribution in [-0.2, 0) is 16.6 Å². The van der Waals surface area contributed by atoms with Crippen molar-refractivity contribution in [2.24, 2.45) is 0 Å². The Kier molecular flexibility index (Phi) is 7.33. The van der Waals surface area contributed by atoms with E-state index in [1.165, 1.54) is 34.1 Å². The van der Waals surface area contributed by atoms with Gasteiger partial charge in [0.2, 0.25) is 10.0 Å². The number of benzene rings is 3. The van der Waals surface area contributed by atoms with Gasteiger partial charge in [0.05, 0.1) is 23.4 Å². The molecule has 0 saturated carbocycles. The van der Waals surface area contributed by atoms with Crippen LogP contribution in [0.1, 0.15) is 11.3 Å². The first-order chi connectivity index (χ1) is 19.8. The molecule has 0 atom stereocenters. The molecule has 5 aromatic rings. The number of hydrogen-bond donors (Lipinski definition) is 0. The molecule has 1 aliphatic heterocycles. The van der Waals surface area contributed by atoms with E-state index >= 15 is 0 Å². The summed E-state index contributed by atoms with van der Waals surface area (Å²) in [6.45, 7) is 4.49. The van der Waals surface area contributed by atoms with Gasteiger partial charge in [0.1, 0.15) is 17.2 Å². The summed E-state index contributed by atoms with van der Waals surface area (Å²) in [4.78, 5) is 7.38. The lowest BCUT2D eigenvalue weighted by Crippen LogP contribution is -2.48. The maximum absolute atomic E-state index is 13.4. The molecular formula is C32H31FN4O3S. The summed E-state index contributed by atoms with van der Waals surface area (Å²) in [5.41, 5.74) is 7.11. The van der Waals surface area contributed by atoms with Crippen LogP contribution in [0, 0.1) is 12.7 Å². The number of nitrogens with zero attached hydrogens (tertiary/aromatic N) is 4. The maximum atomic E-state index is 13.4. The van der Waals surface area contributed by atoms with E-state index in [1.807, 2.05) is 30.3 Å². The predicted molar refractivity (Wildman–Crippen MR) is 158 cm³/mol. The summed E-state index contributed by atoms with van der Waals surface area (Å²) in [6.07, 6.45) is 2.13. The molecule has 0 unspecified atom stereocenters. The number of hydrogen-bond acceptors (Lipinski definition) is 5. The molecular weight excluding hydrogens is 539 g/mol. The topological polar surface area (TPSA) is 67.2 Å². The average molecular weight is 571 g/mol. The second-order valence-corrected chi connectivity index (χ2v) is 12.2. The van der Waals surface area contributed by atoms with Crippen molar-refractivity contribution in [3.63, 3.8) is 0 Å². The molecule has 0 amide bonds. The first-order valence-electron chi connectivity index (χ1n) is 13.5. The molecule has 1 saturated heterocycles. The number of methoxy groups -OCH3 is 1. The second-order valence-electron chi connectivity index (χ2n) is 10.3. The Morgan fingerprint density at radius 2 is 1.59 bits per heavy atom. The monoisotopic (exact) mass is 570 g/mol. The molecule has 2 aromatic heterocycles. The van der Waals surface area contributed by atoms with Crippen molar-refractivity contribution in [1.82, 2.24) is 18.6 Å². The fourth-order valence-corrected chi connectivity index (χ4v) is 6.76. The lowest BCUT2D eigenvalue weighted by Gasteiger charge is -2.34. The van der Waals surface area contributed by atoms with E-state index in [0.29, 0.717) is 32.7 Å². The van der Waals surface area contributed by atoms with Crippen LogP contribution < -0.4 is 4.74 Å². The molecule has 9 heteroatoms. The molecule has 1 fully saturated rings. The van der Waals surface area contributed by atoms with E-state index in [9.17, 15) is 12.8 Å². The molecule has 1 aliphatic rings. The smallest absolute Gasteiger partial charge is 0.243 e. The Morgan fingerprint density at radius 3 is 2.32 bits per heavy atom. The van der Waals surface area contributed by atoms with E-state index in [-0.39, 0.29) is 4.90 Å². The van der Waals surface area contributed by atoms with Crippen LogP contribution in [0.4, 0.5) is 4.39 Å². The first kappa shape index (κ1) is 27.1. The minimum absolute atomic E-state index is 0.109. The van der Waals surface area contributed by atoms with Gasteiger partial charge in [-0.3, -0.25) is 4.90 Å². The van der Waals surface area contributed by atoms with E-state index in [2.05, 4.69) is 52.8 Å². The largest absolute Gasteiger partial charge is 0.497 e. The number of rotatable bonds is 7. The Balaban J connectivity index is 1.32. The normalized spacial score (nSPS) is 14.9. The average Bonchev–Trinajstić information content (AvgIpc) is 3.35. The number of pyridine rings is 1. The third-order valence-electron chi connectivity index (χ3n) is 7.57. The van der Waals surface area contributed by atoms with Crippen molar-refractivity contribution in [1.29, 1.82) is 0 Å². The lowest BCUT2D eigenvalue weighted by molar-refractivity contribution is 0.180. The summed E-state index contributed by atoms with van der Waals surface area (Å²) >= 11 is 0. The molecule has 3 aromatic carbocycles. The zero-order valence-corrected chi connectivity index (χ0v) is 23.8. The van der Waals surface area contributed by atoms with Crippen molar-refractivity contribution in [3.05, 3.63) is 108 Å². The molecule has 0 radical (unpaired) electrons. The van der Waals surface area contributed by atoms with Crippen molar-refractivity contribution >= 4 is 15.7 Å². The molecule has 41 heavy (non-hydrogen) atoms. The van der Waals surface area contributed by atoms with Crippen LogP contribution in [0.2, 0.25) is 0 Å². The number of ether oxygens (including phenoxy) is 1. The number of aryl methyl sites for hydroxylation is 1. The van der Waals surface area contributed by atoms with Crippen LogP contribution in [0.25, 0.3) is 28.0 Å². The molecule has 3 heterocycles. The molecule has 0 bridgehead atoms. The quantitative estimate of drug-likeness (QED) is 0.254. The van der Waals surface area contributed by atoms with E-state index in [1.54, 1.807) is 7.11 Å². The highest BCUT2D eigenvalue weighted by Gasteiger charge is 2.29. The van der Waals surface area contributed by atoms with E-state index in [0.717, 1.165) is 39.5 Å². The van der Waals surface area contributed by atoms with Gasteiger partial charge in [0, 0.05) is 44.5 Å². The zero-order valence-electron chi connectivity index (χ0n) is 23.0. The summed E-state index contributed by atoms with van der Waals surface area (Å²) in [7, 11) is -2.04. The number of imidazole rings is 1. The van der Waals surface area contributed by atoms with Crippen molar-refractivity contribution in [2.75, 3.05) is 33.3 Å². The Hall–Kier alpha value is -4.05. The fourth-order valence-electron chi connectivity index (χ4n) is 5.34. The lowest BCUT2D eigenvalue weighted by atomic mass is 10.1. The third kappa shape index (κ3) is 5.48. The minimum Gasteiger partial charge on any atom is -0.497 e. The minimum atomic E-state index is -3.69. The number of aromatic nitrogens is 2. The SMILES string of the molecule is COc1cccc(-c2nc3ccc(-c4cccc(C)c4)cn3c2CN2CCN(S(=O)(=O)c3ccc(F)cc3)CC2)c1. The standard InChI is InChI=1S/C32H31FN4O3S/c1-23-5-3-6-24(19-23)26-9-14-31-34-32(25-7-4-8-28(20-25)40-2)30(37(31)21-26)22-35-15-17-36(18-16-35)41(38,39)29-12-10-27(33)11-13-29/h3-14,19-21H,15-18,22H2,1-2H3. The molecule has 0 aliphatic carbocycles. The fraction of sp³-hybridized carbons (Fsp3) is 0.219. The van der Waals surface area contributed by atoms with Crippen molar-refractivity contribution in [2.45, 2.75) is 18.4 Å². The Morgan fingerprint density at radius 1 is 0.854 bits per heavy atom. The summed E-state index contributed by atoms with van der Waals surface area (Å²) in [5.74, 6) is 0.296. The van der Waals surface area contributed by atoms with Crippen LogP contribution in [-0.4, -0.2) is 60.3 Å². The summed E-state index contributed by atoms with van der Waals surface area (Å²) < 4.78 is 48.8. The van der Waals surface area contributed by atoms with Gasteiger partial charge >= 0.3 is 0 Å². The van der Waals surface area contributed by atoms with Crippen LogP contribution >= 0.6 is 0 Å². The predicted octanol–water partition coefficient (Wildman–Crippen LogP) is 5.63. The molecule has 7 nitrogen and oxygen atoms in total. The van der Waals surface area contributed by atoms with Gasteiger partial charge in [0.15, 0.2) is 0 Å². The zero-order chi connectivity index (χ0) is 28.6. The highest BCUT2D eigenvalue weighted by molar-refractivity contribution is 7.89. The number of sulfonamides is 1. The second kappa shape index (κ2) is 11.1. The van der Waals surface area contributed by atoms with Gasteiger partial charge < -0.3 is 9.14 Å². The van der Waals surface area contributed by atoms with Gasteiger partial charge in [-0.05, 0) is 66.6 Å². The number of piperazine rings is 1. The summed E-state index contributed by atoms with van der Waals surface area (Å²) in [6, 6.07) is 25.4. The van der Waals surface area contributed by atoms with E-state index in [4.69, 9.17) is 9.72 Å². The summed E-state index contributed by atoms with van der Waals surface area (Å²) in [5, 5.41) is 0. The highest BCUT2D eigenvalue weighted by Crippen LogP contribution is 2.31. The van der Waals surface area contributed by atoms with Crippen LogP contribution in [0.3, 0.4) is 0 Å². The number of halogens is 1. The molecule has 0 spiro atoms. The van der Waals surface area contributed by atoms with E-state index < -0.39 is 15.8 Å². The molecule has 0 N–H and O–H groups in total. The Bertz CT molecular complexity index is 1810. The number of fused-ring (bicyclic) bond motifs is 1. The van der Waals surface area contributed by atoms with Gasteiger partial charge in [0.25, 0.3) is 0 Å². The molecule has 6 rings (SSSR count). The first-order valence-corrected chi connectivity index (χ1v) is 15.0. The molecule has 210 valence electrons.